The van der Waals surface area contributed by atoms with Crippen LogP contribution in [0.4, 0.5) is 0 Å². The first-order chi connectivity index (χ1) is 8.56. The van der Waals surface area contributed by atoms with Crippen LogP contribution in [0, 0.1) is 5.92 Å². The quantitative estimate of drug-likeness (QED) is 0.669. The number of carbonyl (C=O) groups excluding carboxylic acids is 1. The van der Waals surface area contributed by atoms with Crippen LogP contribution in [0.2, 0.25) is 0 Å². The molecule has 1 aliphatic rings. The minimum atomic E-state index is -1.07. The van der Waals surface area contributed by atoms with Crippen LogP contribution >= 0.6 is 0 Å². The Morgan fingerprint density at radius 2 is 1.89 bits per heavy atom. The fourth-order valence-electron chi connectivity index (χ4n) is 2.47. The van der Waals surface area contributed by atoms with Crippen LogP contribution in [-0.4, -0.2) is 34.2 Å². The van der Waals surface area contributed by atoms with Gasteiger partial charge < -0.3 is 15.5 Å². The van der Waals surface area contributed by atoms with E-state index in [9.17, 15) is 14.7 Å². The highest BCUT2D eigenvalue weighted by atomic mass is 16.4. The maximum atomic E-state index is 11.8. The lowest BCUT2D eigenvalue weighted by Crippen LogP contribution is -2.47. The van der Waals surface area contributed by atoms with Crippen LogP contribution in [-0.2, 0) is 9.59 Å². The van der Waals surface area contributed by atoms with E-state index in [2.05, 4.69) is 5.32 Å². The Kier molecular flexibility index (Phi) is 6.12. The van der Waals surface area contributed by atoms with E-state index in [1.165, 1.54) is 0 Å². The standard InChI is InChI=1S/C13H23NO4/c1-2-6-10(13(17)18)14-12(16)11(15)9-7-4-3-5-8-9/h9-11,15H,2-8H2,1H3,(H,14,16)(H,17,18). The normalized spacial score (nSPS) is 20.1. The van der Waals surface area contributed by atoms with Gasteiger partial charge >= 0.3 is 5.97 Å². The van der Waals surface area contributed by atoms with Gasteiger partial charge in [0.2, 0.25) is 5.91 Å². The Morgan fingerprint density at radius 3 is 2.39 bits per heavy atom. The number of aliphatic carboxylic acids is 1. The summed E-state index contributed by atoms with van der Waals surface area (Å²) in [5, 5.41) is 21.3. The molecule has 0 heterocycles. The molecule has 0 aromatic rings. The molecular formula is C13H23NO4. The largest absolute Gasteiger partial charge is 0.480 e. The second-order valence-corrected chi connectivity index (χ2v) is 5.03. The molecule has 18 heavy (non-hydrogen) atoms. The first kappa shape index (κ1) is 15.0. The highest BCUT2D eigenvalue weighted by molar-refractivity contribution is 5.86. The van der Waals surface area contributed by atoms with E-state index < -0.39 is 24.0 Å². The fraction of sp³-hybridized carbons (Fsp3) is 0.846. The number of carboxylic acids is 1. The molecule has 104 valence electrons. The summed E-state index contributed by atoms with van der Waals surface area (Å²) in [6.45, 7) is 1.86. The second kappa shape index (κ2) is 7.36. The van der Waals surface area contributed by atoms with Gasteiger partial charge in [-0.05, 0) is 25.2 Å². The maximum Gasteiger partial charge on any atom is 0.326 e. The van der Waals surface area contributed by atoms with Gasteiger partial charge in [0.25, 0.3) is 0 Å². The number of aliphatic hydroxyl groups excluding tert-OH is 1. The van der Waals surface area contributed by atoms with Crippen LogP contribution in [0.25, 0.3) is 0 Å². The van der Waals surface area contributed by atoms with Crippen LogP contribution in [0.5, 0.6) is 0 Å². The summed E-state index contributed by atoms with van der Waals surface area (Å²) in [4.78, 5) is 22.7. The Balaban J connectivity index is 2.48. The molecule has 0 aromatic heterocycles. The maximum absolute atomic E-state index is 11.8. The number of nitrogens with one attached hydrogen (secondary N) is 1. The zero-order chi connectivity index (χ0) is 13.5. The average Bonchev–Trinajstić information content (AvgIpc) is 2.38. The van der Waals surface area contributed by atoms with Gasteiger partial charge in [0, 0.05) is 0 Å². The van der Waals surface area contributed by atoms with E-state index in [0.717, 1.165) is 32.1 Å². The predicted octanol–water partition coefficient (Wildman–Crippen LogP) is 1.30. The summed E-state index contributed by atoms with van der Waals surface area (Å²) in [7, 11) is 0. The van der Waals surface area contributed by atoms with Gasteiger partial charge in [-0.25, -0.2) is 4.79 Å². The molecule has 0 spiro atoms. The molecule has 1 rings (SSSR count). The van der Waals surface area contributed by atoms with E-state index in [1.807, 2.05) is 6.92 Å². The summed E-state index contributed by atoms with van der Waals surface area (Å²) in [6.07, 6.45) is 4.91. The van der Waals surface area contributed by atoms with Gasteiger partial charge in [-0.15, -0.1) is 0 Å². The Morgan fingerprint density at radius 1 is 1.28 bits per heavy atom. The van der Waals surface area contributed by atoms with Crippen LogP contribution in [0.15, 0.2) is 0 Å². The molecule has 0 bridgehead atoms. The Hall–Kier alpha value is -1.10. The molecule has 0 radical (unpaired) electrons. The fourth-order valence-corrected chi connectivity index (χ4v) is 2.47. The smallest absolute Gasteiger partial charge is 0.326 e. The zero-order valence-electron chi connectivity index (χ0n) is 10.9. The molecule has 5 nitrogen and oxygen atoms in total. The zero-order valence-corrected chi connectivity index (χ0v) is 10.9. The molecule has 1 fully saturated rings. The van der Waals surface area contributed by atoms with Crippen molar-refractivity contribution in [3.05, 3.63) is 0 Å². The first-order valence-electron chi connectivity index (χ1n) is 6.77. The molecule has 1 amide bonds. The number of carboxylic acid groups (broad SMARTS) is 1. The lowest BCUT2D eigenvalue weighted by molar-refractivity contribution is -0.144. The molecule has 5 heteroatoms. The molecule has 2 unspecified atom stereocenters. The Bertz CT molecular complexity index is 287. The van der Waals surface area contributed by atoms with Crippen LogP contribution in [0.1, 0.15) is 51.9 Å². The highest BCUT2D eigenvalue weighted by Gasteiger charge is 2.30. The topological polar surface area (TPSA) is 86.6 Å². The van der Waals surface area contributed by atoms with Crippen molar-refractivity contribution < 1.29 is 19.8 Å². The number of hydrogen-bond donors (Lipinski definition) is 3. The summed E-state index contributed by atoms with van der Waals surface area (Å²) in [6, 6.07) is -0.888. The molecule has 0 saturated heterocycles. The van der Waals surface area contributed by atoms with Crippen molar-refractivity contribution in [2.45, 2.75) is 64.0 Å². The monoisotopic (exact) mass is 257 g/mol. The number of carbonyl (C=O) groups is 2. The molecule has 1 saturated carbocycles. The van der Waals surface area contributed by atoms with Crippen molar-refractivity contribution in [2.75, 3.05) is 0 Å². The average molecular weight is 257 g/mol. The van der Waals surface area contributed by atoms with E-state index in [4.69, 9.17) is 5.11 Å². The number of rotatable bonds is 6. The van der Waals surface area contributed by atoms with Gasteiger partial charge in [0.15, 0.2) is 0 Å². The highest BCUT2D eigenvalue weighted by Crippen LogP contribution is 2.26. The van der Waals surface area contributed by atoms with E-state index in [1.54, 1.807) is 0 Å². The third-order valence-corrected chi connectivity index (χ3v) is 3.56. The van der Waals surface area contributed by atoms with Gasteiger partial charge in [-0.3, -0.25) is 4.79 Å². The van der Waals surface area contributed by atoms with Crippen molar-refractivity contribution in [3.8, 4) is 0 Å². The van der Waals surface area contributed by atoms with E-state index in [-0.39, 0.29) is 5.92 Å². The minimum Gasteiger partial charge on any atom is -0.480 e. The van der Waals surface area contributed by atoms with E-state index in [0.29, 0.717) is 12.8 Å². The van der Waals surface area contributed by atoms with Crippen molar-refractivity contribution >= 4 is 11.9 Å². The second-order valence-electron chi connectivity index (χ2n) is 5.03. The van der Waals surface area contributed by atoms with Crippen molar-refractivity contribution in [1.29, 1.82) is 0 Å². The molecule has 2 atom stereocenters. The number of amides is 1. The van der Waals surface area contributed by atoms with Crippen LogP contribution < -0.4 is 5.32 Å². The van der Waals surface area contributed by atoms with Crippen molar-refractivity contribution in [2.24, 2.45) is 5.92 Å². The lowest BCUT2D eigenvalue weighted by Gasteiger charge is -2.26. The number of hydrogen-bond acceptors (Lipinski definition) is 3. The van der Waals surface area contributed by atoms with Gasteiger partial charge in [-0.2, -0.15) is 0 Å². The van der Waals surface area contributed by atoms with Crippen molar-refractivity contribution in [3.63, 3.8) is 0 Å². The van der Waals surface area contributed by atoms with E-state index >= 15 is 0 Å². The summed E-state index contributed by atoms with van der Waals surface area (Å²) in [5.74, 6) is -1.60. The molecule has 0 aliphatic heterocycles. The summed E-state index contributed by atoms with van der Waals surface area (Å²) >= 11 is 0. The first-order valence-corrected chi connectivity index (χ1v) is 6.77. The molecular weight excluding hydrogens is 234 g/mol. The third-order valence-electron chi connectivity index (χ3n) is 3.56. The van der Waals surface area contributed by atoms with Crippen LogP contribution in [0.3, 0.4) is 0 Å². The van der Waals surface area contributed by atoms with Crippen molar-refractivity contribution in [1.82, 2.24) is 5.32 Å². The van der Waals surface area contributed by atoms with Gasteiger partial charge in [0.05, 0.1) is 0 Å². The predicted molar refractivity (Wildman–Crippen MR) is 67.1 cm³/mol. The number of aliphatic hydroxyl groups is 1. The SMILES string of the molecule is CCCC(NC(=O)C(O)C1CCCCC1)C(=O)O. The summed E-state index contributed by atoms with van der Waals surface area (Å²) in [5.41, 5.74) is 0. The summed E-state index contributed by atoms with van der Waals surface area (Å²) < 4.78 is 0. The van der Waals surface area contributed by atoms with Gasteiger partial charge in [-0.1, -0.05) is 32.6 Å². The lowest BCUT2D eigenvalue weighted by atomic mass is 9.85. The molecule has 1 aliphatic carbocycles. The molecule has 0 aromatic carbocycles. The molecule has 3 N–H and O–H groups in total. The third kappa shape index (κ3) is 4.29. The van der Waals surface area contributed by atoms with Gasteiger partial charge in [0.1, 0.15) is 12.1 Å². The Labute approximate surface area is 108 Å². The minimum absolute atomic E-state index is 0.0187.